The number of rotatable bonds is 3. The van der Waals surface area contributed by atoms with Crippen LogP contribution in [0.25, 0.3) is 0 Å². The van der Waals surface area contributed by atoms with E-state index in [0.29, 0.717) is 12.8 Å². The largest absolute Gasteiger partial charge is 0.409 e. The maximum Gasteiger partial charge on any atom is 0.391 e. The van der Waals surface area contributed by atoms with E-state index in [2.05, 4.69) is 10.5 Å². The Morgan fingerprint density at radius 2 is 1.95 bits per heavy atom. The van der Waals surface area contributed by atoms with Gasteiger partial charge in [-0.25, -0.2) is 0 Å². The summed E-state index contributed by atoms with van der Waals surface area (Å²) < 4.78 is 38.1. The fraction of sp³-hybridized carbons (Fsp3) is 0.833. The van der Waals surface area contributed by atoms with Gasteiger partial charge in [0.1, 0.15) is 0 Å². The highest BCUT2D eigenvalue weighted by molar-refractivity contribution is 5.93. The van der Waals surface area contributed by atoms with Gasteiger partial charge in [0.2, 0.25) is 5.91 Å². The average Bonchev–Trinajstić information content (AvgIpc) is 2.36. The maximum absolute atomic E-state index is 12.7. The first-order chi connectivity index (χ1) is 9.08. The van der Waals surface area contributed by atoms with E-state index in [1.807, 2.05) is 0 Å². The van der Waals surface area contributed by atoms with E-state index < -0.39 is 29.5 Å². The third-order valence-electron chi connectivity index (χ3n) is 3.69. The van der Waals surface area contributed by atoms with E-state index in [4.69, 9.17) is 10.9 Å². The Balaban J connectivity index is 2.69. The van der Waals surface area contributed by atoms with Gasteiger partial charge in [0.25, 0.3) is 0 Å². The molecule has 1 aliphatic carbocycles. The van der Waals surface area contributed by atoms with Crippen molar-refractivity contribution in [2.24, 2.45) is 22.7 Å². The molecule has 0 bridgehead atoms. The molecule has 1 rings (SSSR count). The second-order valence-electron chi connectivity index (χ2n) is 5.70. The minimum Gasteiger partial charge on any atom is -0.409 e. The summed E-state index contributed by atoms with van der Waals surface area (Å²) in [5, 5.41) is 13.9. The van der Waals surface area contributed by atoms with E-state index >= 15 is 0 Å². The predicted octanol–water partition coefficient (Wildman–Crippen LogP) is 2.00. The summed E-state index contributed by atoms with van der Waals surface area (Å²) in [5.41, 5.74) is 4.33. The minimum atomic E-state index is -4.26. The quantitative estimate of drug-likeness (QED) is 0.322. The summed E-state index contributed by atoms with van der Waals surface area (Å²) in [6.45, 7) is 3.04. The first-order valence-electron chi connectivity index (χ1n) is 6.44. The zero-order chi connectivity index (χ0) is 15.6. The van der Waals surface area contributed by atoms with Crippen LogP contribution in [0.15, 0.2) is 5.16 Å². The molecular weight excluding hydrogens is 275 g/mol. The molecule has 0 aromatic heterocycles. The second-order valence-corrected chi connectivity index (χ2v) is 5.70. The Morgan fingerprint density at radius 1 is 1.35 bits per heavy atom. The molecule has 1 saturated carbocycles. The lowest BCUT2D eigenvalue weighted by Gasteiger charge is -2.32. The topological polar surface area (TPSA) is 87.7 Å². The number of nitrogens with zero attached hydrogens (tertiary/aromatic N) is 1. The molecular formula is C12H20F3N3O2. The number of carbonyl (C=O) groups is 1. The standard InChI is InChI=1S/C12H20F3N3O2/c1-11(2,10(16)18-20)17-9(19)7-4-3-5-8(6-7)12(13,14)15/h7-8,20H,3-6H2,1-2H3,(H2,16,18)(H,17,19). The molecule has 2 atom stereocenters. The fourth-order valence-electron chi connectivity index (χ4n) is 2.32. The number of nitrogens with one attached hydrogen (secondary N) is 1. The van der Waals surface area contributed by atoms with E-state index in [0.717, 1.165) is 0 Å². The van der Waals surface area contributed by atoms with Crippen molar-refractivity contribution >= 4 is 11.7 Å². The first-order valence-corrected chi connectivity index (χ1v) is 6.44. The van der Waals surface area contributed by atoms with Gasteiger partial charge in [-0.2, -0.15) is 13.2 Å². The molecule has 1 aliphatic rings. The van der Waals surface area contributed by atoms with Crippen LogP contribution in [0.3, 0.4) is 0 Å². The lowest BCUT2D eigenvalue weighted by molar-refractivity contribution is -0.186. The SMILES string of the molecule is CC(C)(NC(=O)C1CCCC(C(F)(F)F)C1)C(N)=NO. The molecule has 0 heterocycles. The Bertz CT molecular complexity index is 394. The third kappa shape index (κ3) is 4.01. The van der Waals surface area contributed by atoms with E-state index in [-0.39, 0.29) is 18.7 Å². The van der Waals surface area contributed by atoms with Gasteiger partial charge >= 0.3 is 6.18 Å². The van der Waals surface area contributed by atoms with Crippen LogP contribution < -0.4 is 11.1 Å². The van der Waals surface area contributed by atoms with Crippen LogP contribution in [0, 0.1) is 11.8 Å². The molecule has 1 fully saturated rings. The molecule has 0 aliphatic heterocycles. The van der Waals surface area contributed by atoms with Crippen molar-refractivity contribution in [2.75, 3.05) is 0 Å². The van der Waals surface area contributed by atoms with Crippen LogP contribution in [0.2, 0.25) is 0 Å². The highest BCUT2D eigenvalue weighted by Gasteiger charge is 2.44. The summed E-state index contributed by atoms with van der Waals surface area (Å²) in [7, 11) is 0. The number of amidine groups is 1. The van der Waals surface area contributed by atoms with Gasteiger partial charge < -0.3 is 16.3 Å². The highest BCUT2D eigenvalue weighted by Crippen LogP contribution is 2.40. The summed E-state index contributed by atoms with van der Waals surface area (Å²) in [6, 6.07) is 0. The monoisotopic (exact) mass is 295 g/mol. The number of amides is 1. The molecule has 5 nitrogen and oxygen atoms in total. The molecule has 0 aromatic carbocycles. The maximum atomic E-state index is 12.7. The van der Waals surface area contributed by atoms with Crippen molar-refractivity contribution < 1.29 is 23.2 Å². The Labute approximate surface area is 115 Å². The van der Waals surface area contributed by atoms with Crippen LogP contribution in [0.1, 0.15) is 39.5 Å². The molecule has 0 aromatic rings. The van der Waals surface area contributed by atoms with Gasteiger partial charge in [0.15, 0.2) is 5.84 Å². The smallest absolute Gasteiger partial charge is 0.391 e. The summed E-state index contributed by atoms with van der Waals surface area (Å²) in [4.78, 5) is 12.0. The van der Waals surface area contributed by atoms with Gasteiger partial charge in [0, 0.05) is 5.92 Å². The number of hydrogen-bond acceptors (Lipinski definition) is 3. The highest BCUT2D eigenvalue weighted by atomic mass is 19.4. The van der Waals surface area contributed by atoms with Crippen molar-refractivity contribution in [1.82, 2.24) is 5.32 Å². The predicted molar refractivity (Wildman–Crippen MR) is 67.1 cm³/mol. The lowest BCUT2D eigenvalue weighted by Crippen LogP contribution is -2.55. The van der Waals surface area contributed by atoms with E-state index in [1.54, 1.807) is 0 Å². The Morgan fingerprint density at radius 3 is 2.45 bits per heavy atom. The number of carbonyl (C=O) groups excluding carboxylic acids is 1. The molecule has 1 amide bonds. The normalized spacial score (nSPS) is 25.4. The molecule has 0 saturated heterocycles. The molecule has 20 heavy (non-hydrogen) atoms. The Kier molecular flexibility index (Phi) is 4.88. The lowest BCUT2D eigenvalue weighted by atomic mass is 9.80. The summed E-state index contributed by atoms with van der Waals surface area (Å²) >= 11 is 0. The fourth-order valence-corrected chi connectivity index (χ4v) is 2.32. The van der Waals surface area contributed by atoms with Gasteiger partial charge in [-0.15, -0.1) is 0 Å². The van der Waals surface area contributed by atoms with Gasteiger partial charge in [-0.1, -0.05) is 11.6 Å². The van der Waals surface area contributed by atoms with E-state index in [1.165, 1.54) is 13.8 Å². The van der Waals surface area contributed by atoms with Gasteiger partial charge in [-0.3, -0.25) is 4.79 Å². The van der Waals surface area contributed by atoms with Crippen molar-refractivity contribution in [3.63, 3.8) is 0 Å². The zero-order valence-corrected chi connectivity index (χ0v) is 11.5. The number of nitrogens with two attached hydrogens (primary N) is 1. The molecule has 0 radical (unpaired) electrons. The van der Waals surface area contributed by atoms with Crippen LogP contribution >= 0.6 is 0 Å². The minimum absolute atomic E-state index is 0.0664. The number of alkyl halides is 3. The number of halogens is 3. The second kappa shape index (κ2) is 5.88. The first kappa shape index (κ1) is 16.6. The summed E-state index contributed by atoms with van der Waals surface area (Å²) in [5.74, 6) is -2.82. The number of oxime groups is 1. The van der Waals surface area contributed by atoms with Crippen molar-refractivity contribution in [3.05, 3.63) is 0 Å². The van der Waals surface area contributed by atoms with Gasteiger partial charge in [-0.05, 0) is 33.1 Å². The van der Waals surface area contributed by atoms with Crippen LogP contribution in [0.4, 0.5) is 13.2 Å². The average molecular weight is 295 g/mol. The van der Waals surface area contributed by atoms with Crippen molar-refractivity contribution in [2.45, 2.75) is 51.2 Å². The molecule has 2 unspecified atom stereocenters. The van der Waals surface area contributed by atoms with Crippen molar-refractivity contribution in [1.29, 1.82) is 0 Å². The van der Waals surface area contributed by atoms with Crippen LogP contribution in [-0.4, -0.2) is 28.7 Å². The van der Waals surface area contributed by atoms with E-state index in [9.17, 15) is 18.0 Å². The van der Waals surface area contributed by atoms with Crippen LogP contribution in [0.5, 0.6) is 0 Å². The molecule has 4 N–H and O–H groups in total. The van der Waals surface area contributed by atoms with Crippen LogP contribution in [-0.2, 0) is 4.79 Å². The van der Waals surface area contributed by atoms with Crippen molar-refractivity contribution in [3.8, 4) is 0 Å². The number of hydrogen-bond donors (Lipinski definition) is 3. The summed E-state index contributed by atoms with van der Waals surface area (Å²) in [6.07, 6.45) is -3.62. The molecule has 8 heteroatoms. The molecule has 0 spiro atoms. The third-order valence-corrected chi connectivity index (χ3v) is 3.69. The van der Waals surface area contributed by atoms with Gasteiger partial charge in [0.05, 0.1) is 11.5 Å². The Hall–Kier alpha value is -1.47. The molecule has 116 valence electrons. The zero-order valence-electron chi connectivity index (χ0n) is 11.5.